The summed E-state index contributed by atoms with van der Waals surface area (Å²) in [6.07, 6.45) is 3.57. The fourth-order valence-corrected chi connectivity index (χ4v) is 2.34. The van der Waals surface area contributed by atoms with Gasteiger partial charge in [0.05, 0.1) is 18.6 Å². The van der Waals surface area contributed by atoms with Gasteiger partial charge in [0.2, 0.25) is 5.91 Å². The molecule has 0 saturated heterocycles. The zero-order valence-electron chi connectivity index (χ0n) is 10.3. The molecule has 1 amide bonds. The predicted octanol–water partition coefficient (Wildman–Crippen LogP) is 1.35. The Labute approximate surface area is 107 Å². The topological polar surface area (TPSA) is 69.6 Å². The highest BCUT2D eigenvalue weighted by Crippen LogP contribution is 2.18. The average Bonchev–Trinajstić information content (AvgIpc) is 2.35. The van der Waals surface area contributed by atoms with Gasteiger partial charge in [0.25, 0.3) is 0 Å². The Kier molecular flexibility index (Phi) is 4.20. The van der Waals surface area contributed by atoms with E-state index in [0.29, 0.717) is 0 Å². The molecule has 0 radical (unpaired) electrons. The molecule has 1 aromatic rings. The molecule has 0 unspecified atom stereocenters. The quantitative estimate of drug-likeness (QED) is 0.757. The van der Waals surface area contributed by atoms with Crippen molar-refractivity contribution in [1.29, 1.82) is 0 Å². The number of benzene rings is 1. The molecule has 4 nitrogen and oxygen atoms in total. The predicted molar refractivity (Wildman–Crippen MR) is 68.2 cm³/mol. The average molecular weight is 249 g/mol. The molecule has 1 fully saturated rings. The second-order valence-corrected chi connectivity index (χ2v) is 4.87. The second kappa shape index (κ2) is 5.87. The van der Waals surface area contributed by atoms with E-state index < -0.39 is 6.10 Å². The fourth-order valence-electron chi connectivity index (χ4n) is 2.34. The van der Waals surface area contributed by atoms with Gasteiger partial charge in [0.1, 0.15) is 5.75 Å². The van der Waals surface area contributed by atoms with Crippen LogP contribution in [-0.2, 0) is 11.2 Å². The Hall–Kier alpha value is -1.55. The van der Waals surface area contributed by atoms with E-state index in [0.717, 1.165) is 31.2 Å². The van der Waals surface area contributed by atoms with Crippen molar-refractivity contribution in [2.24, 2.45) is 0 Å². The van der Waals surface area contributed by atoms with Gasteiger partial charge in [0.15, 0.2) is 0 Å². The molecule has 0 aromatic heterocycles. The number of carbonyl (C=O) groups is 1. The third kappa shape index (κ3) is 3.47. The zero-order valence-corrected chi connectivity index (χ0v) is 10.3. The molecule has 98 valence electrons. The van der Waals surface area contributed by atoms with E-state index in [1.807, 2.05) is 0 Å². The molecule has 1 aromatic carbocycles. The molecule has 0 bridgehead atoms. The number of carbonyl (C=O) groups excluding carboxylic acids is 1. The first kappa shape index (κ1) is 12.9. The lowest BCUT2D eigenvalue weighted by molar-refractivity contribution is -0.122. The number of phenols is 1. The molecule has 2 rings (SSSR count). The van der Waals surface area contributed by atoms with Gasteiger partial charge in [-0.3, -0.25) is 4.79 Å². The number of amides is 1. The van der Waals surface area contributed by atoms with E-state index in [9.17, 15) is 9.90 Å². The largest absolute Gasteiger partial charge is 0.508 e. The number of aliphatic hydroxyl groups is 1. The summed E-state index contributed by atoms with van der Waals surface area (Å²) >= 11 is 0. The van der Waals surface area contributed by atoms with Crippen molar-refractivity contribution in [3.63, 3.8) is 0 Å². The maximum absolute atomic E-state index is 11.8. The van der Waals surface area contributed by atoms with Gasteiger partial charge in [-0.25, -0.2) is 0 Å². The molecule has 0 spiro atoms. The minimum atomic E-state index is -0.414. The number of hydrogen-bond donors (Lipinski definition) is 3. The lowest BCUT2D eigenvalue weighted by atomic mass is 9.92. The van der Waals surface area contributed by atoms with Gasteiger partial charge in [0, 0.05) is 0 Å². The Morgan fingerprint density at radius 2 is 1.89 bits per heavy atom. The lowest BCUT2D eigenvalue weighted by Gasteiger charge is -2.28. The van der Waals surface area contributed by atoms with Crippen molar-refractivity contribution in [2.75, 3.05) is 0 Å². The van der Waals surface area contributed by atoms with Crippen LogP contribution in [0.25, 0.3) is 0 Å². The molecular formula is C14H19NO3. The summed E-state index contributed by atoms with van der Waals surface area (Å²) in [6.45, 7) is 0. The van der Waals surface area contributed by atoms with Crippen LogP contribution in [0.5, 0.6) is 5.75 Å². The Bertz CT molecular complexity index is 402. The van der Waals surface area contributed by atoms with Gasteiger partial charge in [-0.2, -0.15) is 0 Å². The van der Waals surface area contributed by atoms with Crippen molar-refractivity contribution in [3.05, 3.63) is 29.8 Å². The van der Waals surface area contributed by atoms with E-state index in [-0.39, 0.29) is 24.1 Å². The number of hydrogen-bond acceptors (Lipinski definition) is 3. The van der Waals surface area contributed by atoms with E-state index >= 15 is 0 Å². The highest BCUT2D eigenvalue weighted by atomic mass is 16.3. The van der Waals surface area contributed by atoms with Crippen molar-refractivity contribution in [1.82, 2.24) is 5.32 Å². The fraction of sp³-hybridized carbons (Fsp3) is 0.500. The number of phenolic OH excluding ortho intramolecular Hbond substituents is 1. The minimum absolute atomic E-state index is 0.0772. The van der Waals surface area contributed by atoms with Gasteiger partial charge in [-0.05, 0) is 30.5 Å². The maximum atomic E-state index is 11.8. The standard InChI is InChI=1S/C14H19NO3/c16-11-7-5-10(6-8-11)9-14(18)15-12-3-1-2-4-13(12)17/h5-8,12-13,16-17H,1-4,9H2,(H,15,18)/t12-,13-/m0/s1. The Morgan fingerprint density at radius 1 is 1.22 bits per heavy atom. The van der Waals surface area contributed by atoms with Gasteiger partial charge in [-0.15, -0.1) is 0 Å². The van der Waals surface area contributed by atoms with Crippen LogP contribution in [0, 0.1) is 0 Å². The number of aromatic hydroxyl groups is 1. The second-order valence-electron chi connectivity index (χ2n) is 4.87. The molecule has 0 aliphatic heterocycles. The molecule has 4 heteroatoms. The summed E-state index contributed by atoms with van der Waals surface area (Å²) in [7, 11) is 0. The minimum Gasteiger partial charge on any atom is -0.508 e. The SMILES string of the molecule is O=C(Cc1ccc(O)cc1)N[C@H]1CCCC[C@@H]1O. The molecule has 18 heavy (non-hydrogen) atoms. The molecule has 1 aliphatic carbocycles. The smallest absolute Gasteiger partial charge is 0.224 e. The molecule has 1 saturated carbocycles. The van der Waals surface area contributed by atoms with Crippen LogP contribution in [-0.4, -0.2) is 28.3 Å². The molecule has 3 N–H and O–H groups in total. The van der Waals surface area contributed by atoms with Crippen LogP contribution in [0.1, 0.15) is 31.2 Å². The van der Waals surface area contributed by atoms with E-state index in [4.69, 9.17) is 5.11 Å². The number of aliphatic hydroxyl groups excluding tert-OH is 1. The first-order valence-electron chi connectivity index (χ1n) is 6.40. The third-order valence-electron chi connectivity index (χ3n) is 3.38. The van der Waals surface area contributed by atoms with Crippen LogP contribution < -0.4 is 5.32 Å². The highest BCUT2D eigenvalue weighted by Gasteiger charge is 2.24. The van der Waals surface area contributed by atoms with Crippen molar-refractivity contribution < 1.29 is 15.0 Å². The van der Waals surface area contributed by atoms with Crippen LogP contribution in [0.2, 0.25) is 0 Å². The van der Waals surface area contributed by atoms with Crippen LogP contribution in [0.4, 0.5) is 0 Å². The summed E-state index contributed by atoms with van der Waals surface area (Å²) < 4.78 is 0. The zero-order chi connectivity index (χ0) is 13.0. The van der Waals surface area contributed by atoms with Crippen molar-refractivity contribution in [2.45, 2.75) is 44.2 Å². The number of rotatable bonds is 3. The summed E-state index contributed by atoms with van der Waals surface area (Å²) in [5, 5.41) is 21.8. The van der Waals surface area contributed by atoms with E-state index in [1.165, 1.54) is 0 Å². The van der Waals surface area contributed by atoms with Crippen molar-refractivity contribution in [3.8, 4) is 5.75 Å². The van der Waals surface area contributed by atoms with Gasteiger partial charge in [-0.1, -0.05) is 25.0 Å². The molecule has 1 aliphatic rings. The maximum Gasteiger partial charge on any atom is 0.224 e. The summed E-state index contributed by atoms with van der Waals surface area (Å²) in [6, 6.07) is 6.48. The molecular weight excluding hydrogens is 230 g/mol. The van der Waals surface area contributed by atoms with E-state index in [2.05, 4.69) is 5.32 Å². The normalized spacial score (nSPS) is 23.6. The summed E-state index contributed by atoms with van der Waals surface area (Å²) in [4.78, 5) is 11.8. The van der Waals surface area contributed by atoms with Gasteiger partial charge >= 0.3 is 0 Å². The molecule has 0 heterocycles. The van der Waals surface area contributed by atoms with Gasteiger partial charge < -0.3 is 15.5 Å². The van der Waals surface area contributed by atoms with Crippen LogP contribution >= 0.6 is 0 Å². The molecule has 2 atom stereocenters. The first-order valence-corrected chi connectivity index (χ1v) is 6.40. The van der Waals surface area contributed by atoms with Crippen LogP contribution in [0.3, 0.4) is 0 Å². The summed E-state index contributed by atoms with van der Waals surface area (Å²) in [5.74, 6) is 0.119. The van der Waals surface area contributed by atoms with Crippen molar-refractivity contribution >= 4 is 5.91 Å². The lowest BCUT2D eigenvalue weighted by Crippen LogP contribution is -2.45. The Morgan fingerprint density at radius 3 is 2.56 bits per heavy atom. The third-order valence-corrected chi connectivity index (χ3v) is 3.38. The highest BCUT2D eigenvalue weighted by molar-refractivity contribution is 5.79. The number of nitrogens with one attached hydrogen (secondary N) is 1. The monoisotopic (exact) mass is 249 g/mol. The Balaban J connectivity index is 1.86. The van der Waals surface area contributed by atoms with Crippen LogP contribution in [0.15, 0.2) is 24.3 Å². The summed E-state index contributed by atoms with van der Waals surface area (Å²) in [5.41, 5.74) is 0.857. The van der Waals surface area contributed by atoms with E-state index in [1.54, 1.807) is 24.3 Å². The first-order chi connectivity index (χ1) is 8.65.